The van der Waals surface area contributed by atoms with Gasteiger partial charge in [-0.3, -0.25) is 4.57 Å². The lowest BCUT2D eigenvalue weighted by Gasteiger charge is -2.04. The lowest BCUT2D eigenvalue weighted by Crippen LogP contribution is -2.22. The summed E-state index contributed by atoms with van der Waals surface area (Å²) in [5.41, 5.74) is 6.19. The van der Waals surface area contributed by atoms with Crippen LogP contribution in [0.5, 0.6) is 0 Å². The fourth-order valence-electron chi connectivity index (χ4n) is 1.15. The van der Waals surface area contributed by atoms with Crippen LogP contribution in [0.15, 0.2) is 17.2 Å². The van der Waals surface area contributed by atoms with E-state index < -0.39 is 0 Å². The second-order valence-corrected chi connectivity index (χ2v) is 3.10. The number of aromatic nitrogens is 2. The van der Waals surface area contributed by atoms with Gasteiger partial charge >= 0.3 is 5.69 Å². The molecule has 0 spiro atoms. The molecule has 2 N–H and O–H groups in total. The van der Waals surface area contributed by atoms with Crippen molar-refractivity contribution in [2.45, 2.75) is 26.3 Å². The first-order chi connectivity index (χ1) is 6.24. The maximum atomic E-state index is 11.2. The lowest BCUT2D eigenvalue weighted by molar-refractivity contribution is 0.584. The van der Waals surface area contributed by atoms with Crippen LogP contribution in [-0.2, 0) is 6.54 Å². The molecular formula is C9H15N3O. The zero-order valence-electron chi connectivity index (χ0n) is 7.86. The summed E-state index contributed by atoms with van der Waals surface area (Å²) in [4.78, 5) is 14.9. The molecule has 0 unspecified atom stereocenters. The number of hydrogen-bond donors (Lipinski definition) is 1. The summed E-state index contributed by atoms with van der Waals surface area (Å²) in [5.74, 6) is 0. The predicted octanol–water partition coefficient (Wildman–Crippen LogP) is 0.291. The normalized spacial score (nSPS) is 10.3. The molecule has 0 aromatic carbocycles. The Bertz CT molecular complexity index is 319. The van der Waals surface area contributed by atoms with Gasteiger partial charge in [-0.25, -0.2) is 9.78 Å². The van der Waals surface area contributed by atoms with Gasteiger partial charge in [-0.2, -0.15) is 0 Å². The summed E-state index contributed by atoms with van der Waals surface area (Å²) in [6.45, 7) is 3.31. The monoisotopic (exact) mass is 181 g/mol. The Morgan fingerprint density at radius 2 is 2.31 bits per heavy atom. The number of nitrogens with zero attached hydrogens (tertiary/aromatic N) is 2. The van der Waals surface area contributed by atoms with E-state index in [2.05, 4.69) is 4.98 Å². The van der Waals surface area contributed by atoms with Gasteiger partial charge in [0.15, 0.2) is 0 Å². The Morgan fingerprint density at radius 3 is 3.00 bits per heavy atom. The van der Waals surface area contributed by atoms with Crippen LogP contribution in [0.3, 0.4) is 0 Å². The van der Waals surface area contributed by atoms with Gasteiger partial charge < -0.3 is 5.73 Å². The summed E-state index contributed by atoms with van der Waals surface area (Å²) >= 11 is 0. The molecule has 4 heteroatoms. The first kappa shape index (κ1) is 9.92. The van der Waals surface area contributed by atoms with E-state index >= 15 is 0 Å². The van der Waals surface area contributed by atoms with Crippen molar-refractivity contribution in [3.8, 4) is 0 Å². The summed E-state index contributed by atoms with van der Waals surface area (Å²) in [6.07, 6.45) is 5.29. The molecule has 0 bridgehead atoms. The molecular weight excluding hydrogens is 166 g/mol. The molecule has 0 atom stereocenters. The highest BCUT2D eigenvalue weighted by molar-refractivity contribution is 4.99. The number of nitrogens with two attached hydrogens (primary N) is 1. The van der Waals surface area contributed by atoms with Gasteiger partial charge in [0, 0.05) is 18.9 Å². The molecule has 1 aromatic rings. The largest absolute Gasteiger partial charge is 0.347 e. The minimum atomic E-state index is -0.178. The van der Waals surface area contributed by atoms with Gasteiger partial charge in [0.1, 0.15) is 0 Å². The van der Waals surface area contributed by atoms with Gasteiger partial charge in [0.05, 0.1) is 0 Å². The Balaban J connectivity index is 2.65. The quantitative estimate of drug-likeness (QED) is 0.679. The Kier molecular flexibility index (Phi) is 3.64. The van der Waals surface area contributed by atoms with E-state index in [1.54, 1.807) is 10.8 Å². The van der Waals surface area contributed by atoms with E-state index in [0.29, 0.717) is 13.1 Å². The molecule has 0 fully saturated rings. The smallest absolute Gasteiger partial charge is 0.330 e. The number of aryl methyl sites for hydroxylation is 2. The Morgan fingerprint density at radius 1 is 1.54 bits per heavy atom. The van der Waals surface area contributed by atoms with E-state index in [0.717, 1.165) is 18.4 Å². The molecule has 0 radical (unpaired) electrons. The van der Waals surface area contributed by atoms with E-state index in [1.807, 2.05) is 13.1 Å². The van der Waals surface area contributed by atoms with Crippen molar-refractivity contribution >= 4 is 0 Å². The molecule has 0 amide bonds. The first-order valence-corrected chi connectivity index (χ1v) is 4.47. The third kappa shape index (κ3) is 2.99. The van der Waals surface area contributed by atoms with Crippen LogP contribution in [0.4, 0.5) is 0 Å². The lowest BCUT2D eigenvalue weighted by atomic mass is 10.3. The average Bonchev–Trinajstić information content (AvgIpc) is 2.11. The first-order valence-electron chi connectivity index (χ1n) is 4.47. The summed E-state index contributed by atoms with van der Waals surface area (Å²) < 4.78 is 1.63. The molecule has 1 aromatic heterocycles. The van der Waals surface area contributed by atoms with Gasteiger partial charge in [0.2, 0.25) is 0 Å². The highest BCUT2D eigenvalue weighted by Gasteiger charge is 1.96. The predicted molar refractivity (Wildman–Crippen MR) is 51.5 cm³/mol. The van der Waals surface area contributed by atoms with Crippen LogP contribution in [0.2, 0.25) is 0 Å². The molecule has 1 heterocycles. The van der Waals surface area contributed by atoms with Crippen molar-refractivity contribution in [2.75, 3.05) is 6.54 Å². The van der Waals surface area contributed by atoms with Crippen LogP contribution in [0.25, 0.3) is 0 Å². The van der Waals surface area contributed by atoms with Crippen molar-refractivity contribution in [3.63, 3.8) is 0 Å². The van der Waals surface area contributed by atoms with Crippen LogP contribution in [0, 0.1) is 6.92 Å². The van der Waals surface area contributed by atoms with E-state index in [-0.39, 0.29) is 5.69 Å². The molecule has 1 rings (SSSR count). The summed E-state index contributed by atoms with van der Waals surface area (Å²) in [6, 6.07) is 0. The van der Waals surface area contributed by atoms with Crippen LogP contribution in [-0.4, -0.2) is 16.1 Å². The van der Waals surface area contributed by atoms with E-state index in [9.17, 15) is 4.79 Å². The second kappa shape index (κ2) is 4.77. The Labute approximate surface area is 77.4 Å². The number of rotatable bonds is 4. The van der Waals surface area contributed by atoms with Crippen molar-refractivity contribution in [2.24, 2.45) is 5.73 Å². The molecule has 0 saturated heterocycles. The molecule has 0 aliphatic rings. The molecule has 0 saturated carbocycles. The minimum absolute atomic E-state index is 0.178. The molecule has 0 aliphatic carbocycles. The SMILES string of the molecule is Cc1cnc(=O)n(CCCCN)c1. The van der Waals surface area contributed by atoms with Crippen molar-refractivity contribution in [1.29, 1.82) is 0 Å². The molecule has 72 valence electrons. The zero-order valence-corrected chi connectivity index (χ0v) is 7.86. The van der Waals surface area contributed by atoms with Crippen molar-refractivity contribution in [1.82, 2.24) is 9.55 Å². The Hall–Kier alpha value is -1.16. The van der Waals surface area contributed by atoms with Crippen LogP contribution < -0.4 is 11.4 Å². The fraction of sp³-hybridized carbons (Fsp3) is 0.556. The fourth-order valence-corrected chi connectivity index (χ4v) is 1.15. The number of unbranched alkanes of at least 4 members (excludes halogenated alkanes) is 1. The zero-order chi connectivity index (χ0) is 9.68. The van der Waals surface area contributed by atoms with E-state index in [1.165, 1.54) is 0 Å². The maximum Gasteiger partial charge on any atom is 0.347 e. The van der Waals surface area contributed by atoms with Gasteiger partial charge in [-0.15, -0.1) is 0 Å². The van der Waals surface area contributed by atoms with Gasteiger partial charge in [-0.1, -0.05) is 0 Å². The summed E-state index contributed by atoms with van der Waals surface area (Å²) in [5, 5.41) is 0. The van der Waals surface area contributed by atoms with Crippen LogP contribution in [0.1, 0.15) is 18.4 Å². The highest BCUT2D eigenvalue weighted by Crippen LogP contribution is 1.93. The average molecular weight is 181 g/mol. The maximum absolute atomic E-state index is 11.2. The molecule has 4 nitrogen and oxygen atoms in total. The second-order valence-electron chi connectivity index (χ2n) is 3.10. The molecule has 13 heavy (non-hydrogen) atoms. The third-order valence-electron chi connectivity index (χ3n) is 1.84. The third-order valence-corrected chi connectivity index (χ3v) is 1.84. The van der Waals surface area contributed by atoms with Gasteiger partial charge in [-0.05, 0) is 31.9 Å². The van der Waals surface area contributed by atoms with Gasteiger partial charge in [0.25, 0.3) is 0 Å². The highest BCUT2D eigenvalue weighted by atomic mass is 16.1. The standard InChI is InChI=1S/C9H15N3O/c1-8-6-11-9(13)12(7-8)5-3-2-4-10/h6-7H,2-5,10H2,1H3. The van der Waals surface area contributed by atoms with Crippen molar-refractivity contribution in [3.05, 3.63) is 28.4 Å². The van der Waals surface area contributed by atoms with Crippen LogP contribution >= 0.6 is 0 Å². The minimum Gasteiger partial charge on any atom is -0.330 e. The van der Waals surface area contributed by atoms with E-state index in [4.69, 9.17) is 5.73 Å². The number of hydrogen-bond acceptors (Lipinski definition) is 3. The topological polar surface area (TPSA) is 60.9 Å². The van der Waals surface area contributed by atoms with Crippen molar-refractivity contribution < 1.29 is 0 Å². The summed E-state index contributed by atoms with van der Waals surface area (Å²) in [7, 11) is 0. The molecule has 0 aliphatic heterocycles.